The van der Waals surface area contributed by atoms with Crippen molar-refractivity contribution in [3.8, 4) is 0 Å². The minimum Gasteiger partial charge on any atom is -0.480 e. The molecule has 0 rings (SSSR count). The molecule has 0 amide bonds. The molecule has 0 aromatic carbocycles. The molecule has 0 aliphatic rings. The Morgan fingerprint density at radius 1 is 1.50 bits per heavy atom. The van der Waals surface area contributed by atoms with E-state index in [1.807, 2.05) is 25.8 Å². The lowest BCUT2D eigenvalue weighted by Crippen LogP contribution is -2.42. The quantitative estimate of drug-likeness (QED) is 0.684. The third-order valence-corrected chi connectivity index (χ3v) is 1.94. The molecule has 3 nitrogen and oxygen atoms in total. The van der Waals surface area contributed by atoms with E-state index in [1.165, 1.54) is 0 Å². The number of likely N-dealkylation sites (N-methyl/N-ethyl adjacent to an activating group) is 1. The first-order valence-corrected chi connectivity index (χ1v) is 4.43. The molecule has 1 N–H and O–H groups in total. The first kappa shape index (κ1) is 11.4. The fourth-order valence-corrected chi connectivity index (χ4v) is 1.47. The second-order valence-corrected chi connectivity index (χ2v) is 3.51. The zero-order chi connectivity index (χ0) is 9.72. The fraction of sp³-hybridized carbons (Fsp3) is 0.889. The first-order valence-electron chi connectivity index (χ1n) is 4.43. The smallest absolute Gasteiger partial charge is 0.321 e. The summed E-state index contributed by atoms with van der Waals surface area (Å²) >= 11 is 0. The SMILES string of the molecule is CCCN(C)[C@H](C(=O)O)C(C)C. The topological polar surface area (TPSA) is 40.5 Å². The van der Waals surface area contributed by atoms with E-state index in [1.54, 1.807) is 0 Å². The number of carboxylic acid groups (broad SMARTS) is 1. The van der Waals surface area contributed by atoms with E-state index >= 15 is 0 Å². The van der Waals surface area contributed by atoms with Gasteiger partial charge in [-0.15, -0.1) is 0 Å². The summed E-state index contributed by atoms with van der Waals surface area (Å²) in [4.78, 5) is 12.7. The van der Waals surface area contributed by atoms with Crippen molar-refractivity contribution >= 4 is 5.97 Å². The van der Waals surface area contributed by atoms with Gasteiger partial charge in [-0.2, -0.15) is 0 Å². The van der Waals surface area contributed by atoms with Crippen molar-refractivity contribution in [1.82, 2.24) is 4.90 Å². The minimum absolute atomic E-state index is 0.166. The summed E-state index contributed by atoms with van der Waals surface area (Å²) in [6.45, 7) is 6.76. The van der Waals surface area contributed by atoms with Crippen LogP contribution in [0, 0.1) is 5.92 Å². The van der Waals surface area contributed by atoms with Crippen molar-refractivity contribution in [2.45, 2.75) is 33.2 Å². The van der Waals surface area contributed by atoms with Crippen LogP contribution in [0.3, 0.4) is 0 Å². The summed E-state index contributed by atoms with van der Waals surface area (Å²) in [5.41, 5.74) is 0. The number of rotatable bonds is 5. The van der Waals surface area contributed by atoms with E-state index in [9.17, 15) is 4.79 Å². The fourth-order valence-electron chi connectivity index (χ4n) is 1.47. The van der Waals surface area contributed by atoms with Crippen LogP contribution >= 0.6 is 0 Å². The lowest BCUT2D eigenvalue weighted by atomic mass is 10.0. The van der Waals surface area contributed by atoms with Gasteiger partial charge in [-0.25, -0.2) is 0 Å². The van der Waals surface area contributed by atoms with Crippen LogP contribution in [-0.4, -0.2) is 35.6 Å². The van der Waals surface area contributed by atoms with Gasteiger partial charge in [0.05, 0.1) is 0 Å². The Labute approximate surface area is 74.4 Å². The number of hydrogen-bond acceptors (Lipinski definition) is 2. The molecule has 12 heavy (non-hydrogen) atoms. The van der Waals surface area contributed by atoms with E-state index in [0.29, 0.717) is 0 Å². The molecule has 0 heterocycles. The van der Waals surface area contributed by atoms with Crippen LogP contribution in [-0.2, 0) is 4.79 Å². The zero-order valence-corrected chi connectivity index (χ0v) is 8.37. The Balaban J connectivity index is 4.19. The zero-order valence-electron chi connectivity index (χ0n) is 8.37. The number of hydrogen-bond donors (Lipinski definition) is 1. The maximum absolute atomic E-state index is 10.8. The van der Waals surface area contributed by atoms with Crippen LogP contribution in [0.4, 0.5) is 0 Å². The van der Waals surface area contributed by atoms with Crippen molar-refractivity contribution in [2.24, 2.45) is 5.92 Å². The second-order valence-electron chi connectivity index (χ2n) is 3.51. The number of carbonyl (C=O) groups is 1. The maximum Gasteiger partial charge on any atom is 0.321 e. The largest absolute Gasteiger partial charge is 0.480 e. The first-order chi connectivity index (χ1) is 5.50. The number of aliphatic carboxylic acids is 1. The van der Waals surface area contributed by atoms with Gasteiger partial charge in [0.1, 0.15) is 6.04 Å². The van der Waals surface area contributed by atoms with Gasteiger partial charge in [-0.05, 0) is 25.9 Å². The van der Waals surface area contributed by atoms with Crippen LogP contribution in [0.25, 0.3) is 0 Å². The molecule has 72 valence electrons. The summed E-state index contributed by atoms with van der Waals surface area (Å²) in [5, 5.41) is 8.90. The van der Waals surface area contributed by atoms with E-state index in [4.69, 9.17) is 5.11 Å². The van der Waals surface area contributed by atoms with Gasteiger partial charge in [0.25, 0.3) is 0 Å². The van der Waals surface area contributed by atoms with Gasteiger partial charge in [-0.1, -0.05) is 20.8 Å². The molecular weight excluding hydrogens is 154 g/mol. The predicted molar refractivity (Wildman–Crippen MR) is 49.2 cm³/mol. The molecular formula is C9H19NO2. The summed E-state index contributed by atoms with van der Waals surface area (Å²) in [5.74, 6) is -0.556. The van der Waals surface area contributed by atoms with Crippen LogP contribution in [0.15, 0.2) is 0 Å². The van der Waals surface area contributed by atoms with E-state index in [0.717, 1.165) is 13.0 Å². The Kier molecular flexibility index (Phi) is 4.90. The number of carboxylic acids is 1. The minimum atomic E-state index is -0.721. The summed E-state index contributed by atoms with van der Waals surface area (Å²) in [6, 6.07) is -0.343. The standard InChI is InChI=1S/C9H19NO2/c1-5-6-10(4)8(7(2)3)9(11)12/h7-8H,5-6H2,1-4H3,(H,11,12)/t8-/m0/s1. The Morgan fingerprint density at radius 2 is 2.00 bits per heavy atom. The monoisotopic (exact) mass is 173 g/mol. The van der Waals surface area contributed by atoms with Crippen molar-refractivity contribution < 1.29 is 9.90 Å². The third-order valence-electron chi connectivity index (χ3n) is 1.94. The Morgan fingerprint density at radius 3 is 2.25 bits per heavy atom. The molecule has 0 unspecified atom stereocenters. The van der Waals surface area contributed by atoms with E-state index < -0.39 is 5.97 Å². The molecule has 0 saturated heterocycles. The number of nitrogens with zero attached hydrogens (tertiary/aromatic N) is 1. The molecule has 0 bridgehead atoms. The molecule has 0 aromatic rings. The lowest BCUT2D eigenvalue weighted by Gasteiger charge is -2.26. The van der Waals surface area contributed by atoms with Gasteiger partial charge in [0.2, 0.25) is 0 Å². The van der Waals surface area contributed by atoms with Gasteiger partial charge in [0, 0.05) is 0 Å². The maximum atomic E-state index is 10.8. The van der Waals surface area contributed by atoms with Crippen molar-refractivity contribution in [3.63, 3.8) is 0 Å². The highest BCUT2D eigenvalue weighted by molar-refractivity contribution is 5.73. The highest BCUT2D eigenvalue weighted by Crippen LogP contribution is 2.09. The van der Waals surface area contributed by atoms with Gasteiger partial charge >= 0.3 is 5.97 Å². The average molecular weight is 173 g/mol. The lowest BCUT2D eigenvalue weighted by molar-refractivity contribution is -0.144. The molecule has 0 fully saturated rings. The van der Waals surface area contributed by atoms with Gasteiger partial charge in [0.15, 0.2) is 0 Å². The molecule has 0 aromatic heterocycles. The van der Waals surface area contributed by atoms with Crippen LogP contribution in [0.2, 0.25) is 0 Å². The summed E-state index contributed by atoms with van der Waals surface area (Å²) in [6.07, 6.45) is 0.993. The predicted octanol–water partition coefficient (Wildman–Crippen LogP) is 1.44. The Hall–Kier alpha value is -0.570. The van der Waals surface area contributed by atoms with Crippen molar-refractivity contribution in [2.75, 3.05) is 13.6 Å². The normalized spacial score (nSPS) is 13.8. The molecule has 1 atom stereocenters. The highest BCUT2D eigenvalue weighted by atomic mass is 16.4. The Bertz CT molecular complexity index is 145. The van der Waals surface area contributed by atoms with Gasteiger partial charge in [-0.3, -0.25) is 9.69 Å². The highest BCUT2D eigenvalue weighted by Gasteiger charge is 2.24. The second kappa shape index (κ2) is 5.14. The van der Waals surface area contributed by atoms with Crippen LogP contribution < -0.4 is 0 Å². The molecule has 3 heteroatoms. The van der Waals surface area contributed by atoms with Crippen molar-refractivity contribution in [1.29, 1.82) is 0 Å². The van der Waals surface area contributed by atoms with E-state index in [2.05, 4.69) is 6.92 Å². The average Bonchev–Trinajstić information content (AvgIpc) is 1.85. The molecule has 0 saturated carbocycles. The molecule has 0 spiro atoms. The summed E-state index contributed by atoms with van der Waals surface area (Å²) < 4.78 is 0. The van der Waals surface area contributed by atoms with Crippen LogP contribution in [0.5, 0.6) is 0 Å². The molecule has 0 aliphatic carbocycles. The molecule has 0 radical (unpaired) electrons. The van der Waals surface area contributed by atoms with Gasteiger partial charge < -0.3 is 5.11 Å². The van der Waals surface area contributed by atoms with Crippen molar-refractivity contribution in [3.05, 3.63) is 0 Å². The van der Waals surface area contributed by atoms with Crippen LogP contribution in [0.1, 0.15) is 27.2 Å². The third kappa shape index (κ3) is 3.22. The summed E-state index contributed by atoms with van der Waals surface area (Å²) in [7, 11) is 1.86. The molecule has 0 aliphatic heterocycles. The van der Waals surface area contributed by atoms with E-state index in [-0.39, 0.29) is 12.0 Å².